The fourth-order valence-corrected chi connectivity index (χ4v) is 3.31. The molecule has 0 spiro atoms. The number of benzene rings is 2. The number of nitrogens with zero attached hydrogens (tertiary/aromatic N) is 2. The second-order valence-corrected chi connectivity index (χ2v) is 6.77. The molecule has 0 aliphatic rings. The zero-order valence-electron chi connectivity index (χ0n) is 15.5. The summed E-state index contributed by atoms with van der Waals surface area (Å²) in [4.78, 5) is 15.8. The molecule has 0 saturated carbocycles. The molecule has 0 bridgehead atoms. The van der Waals surface area contributed by atoms with Crippen molar-refractivity contribution in [3.8, 4) is 11.3 Å². The number of carbonyl (C=O) groups is 1. The van der Waals surface area contributed by atoms with Crippen LogP contribution in [0.1, 0.15) is 21.6 Å². The molecule has 0 atom stereocenters. The summed E-state index contributed by atoms with van der Waals surface area (Å²) in [5.41, 5.74) is 5.94. The number of para-hydroxylation sites is 1. The van der Waals surface area contributed by atoms with E-state index < -0.39 is 0 Å². The van der Waals surface area contributed by atoms with E-state index in [1.54, 1.807) is 4.68 Å². The monoisotopic (exact) mass is 358 g/mol. The predicted octanol–water partition coefficient (Wildman–Crippen LogP) is 3.85. The number of amides is 1. The second kappa shape index (κ2) is 7.11. The number of aromatic amines is 1. The van der Waals surface area contributed by atoms with Crippen LogP contribution in [0.15, 0.2) is 60.8 Å². The van der Waals surface area contributed by atoms with Gasteiger partial charge >= 0.3 is 0 Å². The highest BCUT2D eigenvalue weighted by Gasteiger charge is 2.14. The van der Waals surface area contributed by atoms with Gasteiger partial charge in [0, 0.05) is 30.7 Å². The number of fused-ring (bicyclic) bond motifs is 1. The highest BCUT2D eigenvalue weighted by Crippen LogP contribution is 2.21. The van der Waals surface area contributed by atoms with Crippen LogP contribution in [0.4, 0.5) is 0 Å². The van der Waals surface area contributed by atoms with Crippen LogP contribution in [-0.4, -0.2) is 27.2 Å². The maximum absolute atomic E-state index is 12.5. The molecule has 1 amide bonds. The Bertz CT molecular complexity index is 1090. The number of aryl methyl sites for hydroxylation is 2. The van der Waals surface area contributed by atoms with Gasteiger partial charge in [-0.1, -0.05) is 48.0 Å². The van der Waals surface area contributed by atoms with Gasteiger partial charge in [-0.15, -0.1) is 0 Å². The third-order valence-electron chi connectivity index (χ3n) is 4.81. The first-order valence-corrected chi connectivity index (χ1v) is 9.06. The van der Waals surface area contributed by atoms with Crippen molar-refractivity contribution in [3.63, 3.8) is 0 Å². The maximum Gasteiger partial charge on any atom is 0.271 e. The van der Waals surface area contributed by atoms with Crippen LogP contribution in [0, 0.1) is 6.92 Å². The summed E-state index contributed by atoms with van der Waals surface area (Å²) in [6, 6.07) is 18.2. The van der Waals surface area contributed by atoms with Gasteiger partial charge in [0.1, 0.15) is 0 Å². The number of H-pyrrole nitrogens is 1. The maximum atomic E-state index is 12.5. The van der Waals surface area contributed by atoms with E-state index in [4.69, 9.17) is 0 Å². The first kappa shape index (κ1) is 17.1. The summed E-state index contributed by atoms with van der Waals surface area (Å²) in [5.74, 6) is -0.149. The van der Waals surface area contributed by atoms with Crippen LogP contribution in [0.2, 0.25) is 0 Å². The van der Waals surface area contributed by atoms with Gasteiger partial charge in [0.2, 0.25) is 0 Å². The Morgan fingerprint density at radius 2 is 1.93 bits per heavy atom. The molecule has 136 valence electrons. The number of aromatic nitrogens is 3. The zero-order chi connectivity index (χ0) is 18.8. The van der Waals surface area contributed by atoms with Crippen LogP contribution in [-0.2, 0) is 13.5 Å². The normalized spacial score (nSPS) is 11.0. The molecule has 0 saturated heterocycles. The van der Waals surface area contributed by atoms with Crippen molar-refractivity contribution in [2.45, 2.75) is 13.3 Å². The fraction of sp³-hybridized carbons (Fsp3) is 0.182. The minimum absolute atomic E-state index is 0.149. The summed E-state index contributed by atoms with van der Waals surface area (Å²) in [7, 11) is 1.86. The van der Waals surface area contributed by atoms with Crippen LogP contribution in [0.25, 0.3) is 22.2 Å². The van der Waals surface area contributed by atoms with Crippen molar-refractivity contribution in [2.24, 2.45) is 7.05 Å². The predicted molar refractivity (Wildman–Crippen MR) is 108 cm³/mol. The molecule has 2 heterocycles. The molecule has 4 aromatic rings. The Hall–Kier alpha value is -3.34. The standard InChI is InChI=1S/C22H22N4O/c1-15-7-9-16(10-8-15)21-13-20(25-26(21)2)22(27)23-12-11-17-14-24-19-6-4-3-5-18(17)19/h3-10,13-14,24H,11-12H2,1-2H3,(H,23,27). The summed E-state index contributed by atoms with van der Waals surface area (Å²) in [5, 5.41) is 8.55. The lowest BCUT2D eigenvalue weighted by Gasteiger charge is -2.02. The van der Waals surface area contributed by atoms with E-state index in [0.29, 0.717) is 12.2 Å². The summed E-state index contributed by atoms with van der Waals surface area (Å²) < 4.78 is 1.75. The third-order valence-corrected chi connectivity index (χ3v) is 4.81. The highest BCUT2D eigenvalue weighted by atomic mass is 16.1. The van der Waals surface area contributed by atoms with E-state index in [1.165, 1.54) is 16.5 Å². The Kier molecular flexibility index (Phi) is 4.50. The van der Waals surface area contributed by atoms with Crippen LogP contribution in [0.5, 0.6) is 0 Å². The SMILES string of the molecule is Cc1ccc(-c2cc(C(=O)NCCc3c[nH]c4ccccc34)nn2C)cc1. The summed E-state index contributed by atoms with van der Waals surface area (Å²) in [6.07, 6.45) is 2.78. The van der Waals surface area contributed by atoms with Crippen molar-refractivity contribution < 1.29 is 4.79 Å². The Labute approximate surface area is 158 Å². The fourth-order valence-electron chi connectivity index (χ4n) is 3.31. The molecule has 0 fully saturated rings. The summed E-state index contributed by atoms with van der Waals surface area (Å²) in [6.45, 7) is 2.62. The van der Waals surface area contributed by atoms with Crippen LogP contribution >= 0.6 is 0 Å². The van der Waals surface area contributed by atoms with Crippen molar-refractivity contribution in [1.82, 2.24) is 20.1 Å². The van der Waals surface area contributed by atoms with Gasteiger partial charge in [0.15, 0.2) is 5.69 Å². The van der Waals surface area contributed by atoms with Crippen LogP contribution < -0.4 is 5.32 Å². The van der Waals surface area contributed by atoms with E-state index in [0.717, 1.165) is 23.2 Å². The highest BCUT2D eigenvalue weighted by molar-refractivity contribution is 5.93. The molecule has 27 heavy (non-hydrogen) atoms. The minimum atomic E-state index is -0.149. The lowest BCUT2D eigenvalue weighted by molar-refractivity contribution is 0.0948. The average molecular weight is 358 g/mol. The Morgan fingerprint density at radius 3 is 2.74 bits per heavy atom. The second-order valence-electron chi connectivity index (χ2n) is 6.77. The van der Waals surface area contributed by atoms with E-state index in [2.05, 4.69) is 46.6 Å². The minimum Gasteiger partial charge on any atom is -0.361 e. The quantitative estimate of drug-likeness (QED) is 0.569. The lowest BCUT2D eigenvalue weighted by atomic mass is 10.1. The van der Waals surface area contributed by atoms with E-state index in [-0.39, 0.29) is 5.91 Å². The molecule has 2 aromatic carbocycles. The molecule has 4 rings (SSSR count). The number of hydrogen-bond donors (Lipinski definition) is 2. The van der Waals surface area contributed by atoms with E-state index in [9.17, 15) is 4.79 Å². The van der Waals surface area contributed by atoms with Crippen molar-refractivity contribution >= 4 is 16.8 Å². The van der Waals surface area contributed by atoms with Crippen molar-refractivity contribution in [3.05, 3.63) is 77.6 Å². The average Bonchev–Trinajstić information content (AvgIpc) is 3.26. The van der Waals surface area contributed by atoms with Gasteiger partial charge in [0.25, 0.3) is 5.91 Å². The number of nitrogens with one attached hydrogen (secondary N) is 2. The molecule has 2 N–H and O–H groups in total. The first-order valence-electron chi connectivity index (χ1n) is 9.06. The van der Waals surface area contributed by atoms with Gasteiger partial charge in [-0.2, -0.15) is 5.10 Å². The van der Waals surface area contributed by atoms with E-state index >= 15 is 0 Å². The molecule has 2 aromatic heterocycles. The molecule has 0 radical (unpaired) electrons. The van der Waals surface area contributed by atoms with Gasteiger partial charge in [-0.3, -0.25) is 9.48 Å². The number of hydrogen-bond acceptors (Lipinski definition) is 2. The molecule has 0 unspecified atom stereocenters. The smallest absolute Gasteiger partial charge is 0.271 e. The lowest BCUT2D eigenvalue weighted by Crippen LogP contribution is -2.26. The van der Waals surface area contributed by atoms with Crippen molar-refractivity contribution in [2.75, 3.05) is 6.54 Å². The molecule has 0 aliphatic carbocycles. The number of rotatable bonds is 5. The van der Waals surface area contributed by atoms with E-state index in [1.807, 2.05) is 43.6 Å². The summed E-state index contributed by atoms with van der Waals surface area (Å²) >= 11 is 0. The largest absolute Gasteiger partial charge is 0.361 e. The van der Waals surface area contributed by atoms with Gasteiger partial charge in [-0.25, -0.2) is 0 Å². The number of carbonyl (C=O) groups excluding carboxylic acids is 1. The Morgan fingerprint density at radius 1 is 1.15 bits per heavy atom. The topological polar surface area (TPSA) is 62.7 Å². The third kappa shape index (κ3) is 3.49. The molecular formula is C22H22N4O. The van der Waals surface area contributed by atoms with Gasteiger partial charge in [0.05, 0.1) is 5.69 Å². The molecule has 0 aliphatic heterocycles. The van der Waals surface area contributed by atoms with Crippen molar-refractivity contribution in [1.29, 1.82) is 0 Å². The molecular weight excluding hydrogens is 336 g/mol. The van der Waals surface area contributed by atoms with Crippen LogP contribution in [0.3, 0.4) is 0 Å². The molecule has 5 nitrogen and oxygen atoms in total. The molecule has 5 heteroatoms. The van der Waals surface area contributed by atoms with Gasteiger partial charge in [-0.05, 0) is 36.6 Å². The zero-order valence-corrected chi connectivity index (χ0v) is 15.5. The Balaban J connectivity index is 1.43. The van der Waals surface area contributed by atoms with Gasteiger partial charge < -0.3 is 10.3 Å². The first-order chi connectivity index (χ1) is 13.1.